The van der Waals surface area contributed by atoms with Crippen molar-refractivity contribution in [2.24, 2.45) is 17.8 Å². The highest BCUT2D eigenvalue weighted by molar-refractivity contribution is 6.04. The Morgan fingerprint density at radius 1 is 1.03 bits per heavy atom. The van der Waals surface area contributed by atoms with Gasteiger partial charge >= 0.3 is 6.09 Å². The predicted octanol–water partition coefficient (Wildman–Crippen LogP) is 2.96. The van der Waals surface area contributed by atoms with Gasteiger partial charge in [0.15, 0.2) is 5.78 Å². The molecule has 0 unspecified atom stereocenters. The van der Waals surface area contributed by atoms with E-state index in [1.54, 1.807) is 21.9 Å². The van der Waals surface area contributed by atoms with Gasteiger partial charge in [-0.15, -0.1) is 0 Å². The van der Waals surface area contributed by atoms with Gasteiger partial charge in [-0.25, -0.2) is 4.79 Å². The standard InChI is InChI=1S/C25H34N2O6/c1-24(2,3)33-23(30)27-17(15-32-25(27,4)5)18-19(21(28)16-9-7-6-8-10-16)20(18)22(29)26-11-13-31-14-12-26/h6-10,17-20H,11-15H2,1-5H3/t17-,18+,19-,20-/m0/s1. The number of benzene rings is 1. The minimum Gasteiger partial charge on any atom is -0.444 e. The van der Waals surface area contributed by atoms with E-state index in [1.807, 2.05) is 52.8 Å². The predicted molar refractivity (Wildman–Crippen MR) is 121 cm³/mol. The molecule has 2 amide bonds. The lowest BCUT2D eigenvalue weighted by Gasteiger charge is -2.35. The van der Waals surface area contributed by atoms with Crippen molar-refractivity contribution in [3.8, 4) is 0 Å². The summed E-state index contributed by atoms with van der Waals surface area (Å²) in [5.74, 6) is -1.45. The summed E-state index contributed by atoms with van der Waals surface area (Å²) < 4.78 is 17.0. The van der Waals surface area contributed by atoms with E-state index in [-0.39, 0.29) is 24.2 Å². The summed E-state index contributed by atoms with van der Waals surface area (Å²) in [7, 11) is 0. The van der Waals surface area contributed by atoms with Crippen LogP contribution in [-0.4, -0.2) is 77.9 Å². The number of nitrogens with zero attached hydrogens (tertiary/aromatic N) is 2. The zero-order valence-electron chi connectivity index (χ0n) is 20.1. The van der Waals surface area contributed by atoms with Crippen LogP contribution >= 0.6 is 0 Å². The van der Waals surface area contributed by atoms with Crippen LogP contribution in [0.3, 0.4) is 0 Å². The first-order valence-corrected chi connectivity index (χ1v) is 11.6. The zero-order chi connectivity index (χ0) is 24.0. The van der Waals surface area contributed by atoms with E-state index in [4.69, 9.17) is 14.2 Å². The lowest BCUT2D eigenvalue weighted by atomic mass is 10.0. The van der Waals surface area contributed by atoms with Gasteiger partial charge in [-0.2, -0.15) is 0 Å². The summed E-state index contributed by atoms with van der Waals surface area (Å²) in [6.07, 6.45) is -0.495. The number of carbonyl (C=O) groups is 3. The highest BCUT2D eigenvalue weighted by atomic mass is 16.6. The fourth-order valence-electron chi connectivity index (χ4n) is 5.04. The normalized spacial score (nSPS) is 29.0. The van der Waals surface area contributed by atoms with Crippen LogP contribution < -0.4 is 0 Å². The van der Waals surface area contributed by atoms with Crippen LogP contribution in [0.15, 0.2) is 30.3 Å². The summed E-state index contributed by atoms with van der Waals surface area (Å²) >= 11 is 0. The third kappa shape index (κ3) is 4.77. The van der Waals surface area contributed by atoms with E-state index in [0.717, 1.165) is 0 Å². The topological polar surface area (TPSA) is 85.4 Å². The van der Waals surface area contributed by atoms with Gasteiger partial charge in [0.2, 0.25) is 5.91 Å². The van der Waals surface area contributed by atoms with Crippen LogP contribution in [0.25, 0.3) is 0 Å². The molecule has 33 heavy (non-hydrogen) atoms. The Morgan fingerprint density at radius 3 is 2.27 bits per heavy atom. The fourth-order valence-corrected chi connectivity index (χ4v) is 5.04. The van der Waals surface area contributed by atoms with Gasteiger partial charge in [0, 0.05) is 30.5 Å². The average molecular weight is 459 g/mol. The largest absolute Gasteiger partial charge is 0.444 e. The molecule has 2 saturated heterocycles. The molecule has 3 aliphatic rings. The summed E-state index contributed by atoms with van der Waals surface area (Å²) in [6.45, 7) is 11.3. The first-order valence-electron chi connectivity index (χ1n) is 11.6. The van der Waals surface area contributed by atoms with E-state index in [2.05, 4.69) is 0 Å². The van der Waals surface area contributed by atoms with Gasteiger partial charge in [0.05, 0.1) is 31.8 Å². The SMILES string of the molecule is CC(C)(C)OC(=O)N1[C@H]([C@@H]2[C@H](C(=O)c3ccccc3)[C@H]2C(=O)N2CCOCC2)COC1(C)C. The van der Waals surface area contributed by atoms with Crippen molar-refractivity contribution in [3.05, 3.63) is 35.9 Å². The highest BCUT2D eigenvalue weighted by Crippen LogP contribution is 2.55. The molecule has 1 aromatic carbocycles. The van der Waals surface area contributed by atoms with Crippen molar-refractivity contribution < 1.29 is 28.6 Å². The second-order valence-electron chi connectivity index (χ2n) is 10.5. The number of Topliss-reactive ketones (excluding diaryl/α,β-unsaturated/α-hetero) is 1. The van der Waals surface area contributed by atoms with E-state index < -0.39 is 35.3 Å². The van der Waals surface area contributed by atoms with Crippen LogP contribution in [0, 0.1) is 17.8 Å². The average Bonchev–Trinajstić information content (AvgIpc) is 3.41. The minimum atomic E-state index is -0.900. The maximum atomic E-state index is 13.5. The van der Waals surface area contributed by atoms with E-state index >= 15 is 0 Å². The molecule has 0 radical (unpaired) electrons. The maximum Gasteiger partial charge on any atom is 0.412 e. The molecule has 180 valence electrons. The number of ether oxygens (including phenoxy) is 3. The van der Waals surface area contributed by atoms with Gasteiger partial charge in [0.25, 0.3) is 0 Å². The summed E-state index contributed by atoms with van der Waals surface area (Å²) in [4.78, 5) is 43.5. The number of rotatable bonds is 4. The molecule has 1 saturated carbocycles. The highest BCUT2D eigenvalue weighted by Gasteiger charge is 2.66. The number of morpholine rings is 1. The molecule has 0 bridgehead atoms. The molecule has 0 spiro atoms. The molecule has 8 heteroatoms. The van der Waals surface area contributed by atoms with Crippen LogP contribution in [0.2, 0.25) is 0 Å². The van der Waals surface area contributed by atoms with E-state index in [1.165, 1.54) is 0 Å². The summed E-state index contributed by atoms with van der Waals surface area (Å²) in [5, 5.41) is 0. The van der Waals surface area contributed by atoms with Crippen LogP contribution in [0.1, 0.15) is 45.0 Å². The Kier molecular flexibility index (Phi) is 6.26. The fraction of sp³-hybridized carbons (Fsp3) is 0.640. The number of hydrogen-bond acceptors (Lipinski definition) is 6. The van der Waals surface area contributed by atoms with Crippen molar-refractivity contribution in [3.63, 3.8) is 0 Å². The lowest BCUT2D eigenvalue weighted by molar-refractivity contribution is -0.137. The van der Waals surface area contributed by atoms with E-state index in [9.17, 15) is 14.4 Å². The number of hydrogen-bond donors (Lipinski definition) is 0. The Labute approximate surface area is 195 Å². The van der Waals surface area contributed by atoms with E-state index in [0.29, 0.717) is 31.9 Å². The minimum absolute atomic E-state index is 0.0496. The van der Waals surface area contributed by atoms with Crippen molar-refractivity contribution in [2.75, 3.05) is 32.9 Å². The Morgan fingerprint density at radius 2 is 1.67 bits per heavy atom. The molecule has 1 aliphatic carbocycles. The number of carbonyl (C=O) groups excluding carboxylic acids is 3. The Balaban J connectivity index is 1.63. The Bertz CT molecular complexity index is 903. The molecule has 4 rings (SSSR count). The van der Waals surface area contributed by atoms with Gasteiger partial charge in [-0.3, -0.25) is 14.5 Å². The number of amides is 2. The van der Waals surface area contributed by atoms with Gasteiger partial charge in [-0.1, -0.05) is 30.3 Å². The lowest BCUT2D eigenvalue weighted by Crippen LogP contribution is -2.51. The molecule has 1 aromatic rings. The second-order valence-corrected chi connectivity index (χ2v) is 10.5. The Hall–Kier alpha value is -2.45. The van der Waals surface area contributed by atoms with Crippen LogP contribution in [0.5, 0.6) is 0 Å². The van der Waals surface area contributed by atoms with Crippen LogP contribution in [-0.2, 0) is 19.0 Å². The molecule has 3 fully saturated rings. The number of ketones is 1. The molecule has 2 heterocycles. The molecule has 0 N–H and O–H groups in total. The van der Waals surface area contributed by atoms with Crippen molar-refractivity contribution in [1.29, 1.82) is 0 Å². The van der Waals surface area contributed by atoms with Crippen molar-refractivity contribution in [1.82, 2.24) is 9.80 Å². The molecule has 4 atom stereocenters. The second kappa shape index (κ2) is 8.72. The van der Waals surface area contributed by atoms with Crippen LogP contribution in [0.4, 0.5) is 4.79 Å². The zero-order valence-corrected chi connectivity index (χ0v) is 20.1. The first-order chi connectivity index (χ1) is 15.5. The van der Waals surface area contributed by atoms with Crippen molar-refractivity contribution in [2.45, 2.75) is 52.0 Å². The monoisotopic (exact) mass is 458 g/mol. The van der Waals surface area contributed by atoms with Crippen molar-refractivity contribution >= 4 is 17.8 Å². The molecular formula is C25H34N2O6. The molecule has 2 aliphatic heterocycles. The smallest absolute Gasteiger partial charge is 0.412 e. The molecular weight excluding hydrogens is 424 g/mol. The van der Waals surface area contributed by atoms with Gasteiger partial charge in [0.1, 0.15) is 11.3 Å². The molecule has 8 nitrogen and oxygen atoms in total. The van der Waals surface area contributed by atoms with Gasteiger partial charge < -0.3 is 19.1 Å². The summed E-state index contributed by atoms with van der Waals surface area (Å²) in [5.41, 5.74) is -0.999. The third-order valence-corrected chi connectivity index (χ3v) is 6.60. The first kappa shape index (κ1) is 23.7. The van der Waals surface area contributed by atoms with Gasteiger partial charge in [-0.05, 0) is 34.6 Å². The third-order valence-electron chi connectivity index (χ3n) is 6.60. The summed E-state index contributed by atoms with van der Waals surface area (Å²) in [6, 6.07) is 8.61. The quantitative estimate of drug-likeness (QED) is 0.645. The maximum absolute atomic E-state index is 13.5. The molecule has 0 aromatic heterocycles.